The molecule has 2 atom stereocenters. The SMILES string of the molecule is COc1cc2c(cc1OC)[C@H](c1cccc(C(F)(F)F)c1)N(C(=O)[C@@H](C)Oc1ccccc1)CC2. The van der Waals surface area contributed by atoms with E-state index >= 15 is 0 Å². The molecule has 3 aromatic carbocycles. The van der Waals surface area contributed by atoms with Gasteiger partial charge in [0.05, 0.1) is 25.8 Å². The minimum atomic E-state index is -4.51. The number of nitrogens with zero attached hydrogens (tertiary/aromatic N) is 1. The largest absolute Gasteiger partial charge is 0.493 e. The van der Waals surface area contributed by atoms with Crippen LogP contribution in [0.25, 0.3) is 0 Å². The highest BCUT2D eigenvalue weighted by molar-refractivity contribution is 5.82. The number of ether oxygens (including phenoxy) is 3. The van der Waals surface area contributed by atoms with E-state index in [1.54, 1.807) is 48.2 Å². The average molecular weight is 486 g/mol. The van der Waals surface area contributed by atoms with E-state index < -0.39 is 23.9 Å². The van der Waals surface area contributed by atoms with Crippen molar-refractivity contribution in [3.05, 3.63) is 89.0 Å². The van der Waals surface area contributed by atoms with Crippen molar-refractivity contribution in [3.8, 4) is 17.2 Å². The van der Waals surface area contributed by atoms with E-state index in [4.69, 9.17) is 14.2 Å². The van der Waals surface area contributed by atoms with Gasteiger partial charge in [-0.1, -0.05) is 30.3 Å². The lowest BCUT2D eigenvalue weighted by atomic mass is 9.86. The number of rotatable bonds is 6. The van der Waals surface area contributed by atoms with Crippen LogP contribution in [0.3, 0.4) is 0 Å². The van der Waals surface area contributed by atoms with Crippen LogP contribution in [-0.2, 0) is 17.4 Å². The molecule has 0 saturated carbocycles. The summed E-state index contributed by atoms with van der Waals surface area (Å²) in [5.74, 6) is 1.17. The van der Waals surface area contributed by atoms with E-state index in [9.17, 15) is 18.0 Å². The summed E-state index contributed by atoms with van der Waals surface area (Å²) in [6.45, 7) is 1.95. The van der Waals surface area contributed by atoms with Crippen LogP contribution in [0.4, 0.5) is 13.2 Å². The third-order valence-corrected chi connectivity index (χ3v) is 6.09. The molecule has 5 nitrogen and oxygen atoms in total. The highest BCUT2D eigenvalue weighted by Gasteiger charge is 2.37. The summed E-state index contributed by atoms with van der Waals surface area (Å²) in [6.07, 6.45) is -4.84. The lowest BCUT2D eigenvalue weighted by molar-refractivity contribution is -0.140. The van der Waals surface area contributed by atoms with Gasteiger partial charge in [-0.3, -0.25) is 4.79 Å². The first kappa shape index (κ1) is 24.4. The van der Waals surface area contributed by atoms with Crippen LogP contribution < -0.4 is 14.2 Å². The number of benzene rings is 3. The second-order valence-electron chi connectivity index (χ2n) is 8.29. The van der Waals surface area contributed by atoms with E-state index in [0.29, 0.717) is 41.3 Å². The lowest BCUT2D eigenvalue weighted by Gasteiger charge is -2.39. The first-order valence-corrected chi connectivity index (χ1v) is 11.2. The summed E-state index contributed by atoms with van der Waals surface area (Å²) in [4.78, 5) is 15.2. The first-order valence-electron chi connectivity index (χ1n) is 11.2. The van der Waals surface area contributed by atoms with Gasteiger partial charge >= 0.3 is 6.18 Å². The fourth-order valence-corrected chi connectivity index (χ4v) is 4.41. The molecular weight excluding hydrogens is 459 g/mol. The normalized spacial score (nSPS) is 16.3. The molecule has 0 N–H and O–H groups in total. The average Bonchev–Trinajstić information content (AvgIpc) is 2.86. The van der Waals surface area contributed by atoms with Crippen molar-refractivity contribution in [2.75, 3.05) is 20.8 Å². The predicted octanol–water partition coefficient (Wildman–Crippen LogP) is 5.66. The van der Waals surface area contributed by atoms with Gasteiger partial charge in [0.25, 0.3) is 5.91 Å². The molecule has 1 amide bonds. The number of para-hydroxylation sites is 1. The Kier molecular flexibility index (Phi) is 6.91. The quantitative estimate of drug-likeness (QED) is 0.452. The summed E-state index contributed by atoms with van der Waals surface area (Å²) in [6, 6.07) is 16.8. The predicted molar refractivity (Wildman–Crippen MR) is 125 cm³/mol. The monoisotopic (exact) mass is 485 g/mol. The van der Waals surface area contributed by atoms with Crippen molar-refractivity contribution in [1.29, 1.82) is 0 Å². The zero-order valence-corrected chi connectivity index (χ0v) is 19.6. The number of fused-ring (bicyclic) bond motifs is 1. The number of amides is 1. The van der Waals surface area contributed by atoms with Gasteiger partial charge in [0, 0.05) is 6.54 Å². The van der Waals surface area contributed by atoms with Gasteiger partial charge in [-0.2, -0.15) is 13.2 Å². The van der Waals surface area contributed by atoms with Crippen molar-refractivity contribution < 1.29 is 32.2 Å². The number of methoxy groups -OCH3 is 2. The van der Waals surface area contributed by atoms with Crippen LogP contribution in [-0.4, -0.2) is 37.7 Å². The molecule has 1 aliphatic rings. The molecule has 0 unspecified atom stereocenters. The Bertz CT molecular complexity index is 1200. The molecular formula is C27H26F3NO4. The van der Waals surface area contributed by atoms with Gasteiger partial charge in [-0.05, 0) is 66.4 Å². The summed E-state index contributed by atoms with van der Waals surface area (Å²) >= 11 is 0. The van der Waals surface area contributed by atoms with E-state index in [1.165, 1.54) is 20.3 Å². The maximum absolute atomic E-state index is 13.6. The van der Waals surface area contributed by atoms with E-state index in [2.05, 4.69) is 0 Å². The second-order valence-corrected chi connectivity index (χ2v) is 8.29. The van der Waals surface area contributed by atoms with Crippen molar-refractivity contribution in [2.45, 2.75) is 31.7 Å². The standard InChI is InChI=1S/C27H26F3NO4/c1-17(35-21-10-5-4-6-11-21)26(32)31-13-12-18-15-23(33-2)24(34-3)16-22(18)25(31)19-8-7-9-20(14-19)27(28,29)30/h4-11,14-17,25H,12-13H2,1-3H3/t17-,25+/m1/s1. The lowest BCUT2D eigenvalue weighted by Crippen LogP contribution is -2.46. The molecule has 184 valence electrons. The van der Waals surface area contributed by atoms with Crippen molar-refractivity contribution in [2.24, 2.45) is 0 Å². The number of carbonyl (C=O) groups excluding carboxylic acids is 1. The Hall–Kier alpha value is -3.68. The number of hydrogen-bond acceptors (Lipinski definition) is 4. The van der Waals surface area contributed by atoms with Crippen LogP contribution in [0.2, 0.25) is 0 Å². The fraction of sp³-hybridized carbons (Fsp3) is 0.296. The highest BCUT2D eigenvalue weighted by Crippen LogP contribution is 2.42. The van der Waals surface area contributed by atoms with Gasteiger partial charge in [-0.15, -0.1) is 0 Å². The third-order valence-electron chi connectivity index (χ3n) is 6.09. The van der Waals surface area contributed by atoms with Gasteiger partial charge in [0.1, 0.15) is 5.75 Å². The zero-order valence-electron chi connectivity index (χ0n) is 19.6. The number of alkyl halides is 3. The molecule has 0 saturated heterocycles. The zero-order chi connectivity index (χ0) is 25.2. The van der Waals surface area contributed by atoms with Crippen molar-refractivity contribution >= 4 is 5.91 Å². The molecule has 0 bridgehead atoms. The van der Waals surface area contributed by atoms with Crippen LogP contribution in [0.1, 0.15) is 35.2 Å². The molecule has 8 heteroatoms. The van der Waals surface area contributed by atoms with Crippen molar-refractivity contribution in [1.82, 2.24) is 4.90 Å². The fourth-order valence-electron chi connectivity index (χ4n) is 4.41. The Morgan fingerprint density at radius 3 is 2.31 bits per heavy atom. The van der Waals surface area contributed by atoms with E-state index in [-0.39, 0.29) is 5.91 Å². The molecule has 3 aromatic rings. The van der Waals surface area contributed by atoms with Gasteiger partial charge in [0.2, 0.25) is 0 Å². The first-order chi connectivity index (χ1) is 16.7. The van der Waals surface area contributed by atoms with Crippen LogP contribution in [0, 0.1) is 0 Å². The highest BCUT2D eigenvalue weighted by atomic mass is 19.4. The molecule has 0 aliphatic carbocycles. The summed E-state index contributed by atoms with van der Waals surface area (Å²) < 4.78 is 57.3. The smallest absolute Gasteiger partial charge is 0.416 e. The Morgan fingerprint density at radius 1 is 0.971 bits per heavy atom. The summed E-state index contributed by atoms with van der Waals surface area (Å²) in [5.41, 5.74) is 1.15. The third kappa shape index (κ3) is 5.06. The van der Waals surface area contributed by atoms with Gasteiger partial charge < -0.3 is 19.1 Å². The topological polar surface area (TPSA) is 48.0 Å². The van der Waals surface area contributed by atoms with Crippen LogP contribution >= 0.6 is 0 Å². The Labute approximate surface area is 202 Å². The molecule has 0 spiro atoms. The minimum Gasteiger partial charge on any atom is -0.493 e. The van der Waals surface area contributed by atoms with Crippen LogP contribution in [0.15, 0.2) is 66.7 Å². The Morgan fingerprint density at radius 2 is 1.66 bits per heavy atom. The molecule has 4 rings (SSSR count). The molecule has 0 aromatic heterocycles. The minimum absolute atomic E-state index is 0.310. The molecule has 35 heavy (non-hydrogen) atoms. The Balaban J connectivity index is 1.79. The van der Waals surface area contributed by atoms with Crippen molar-refractivity contribution in [3.63, 3.8) is 0 Å². The maximum Gasteiger partial charge on any atom is 0.416 e. The summed E-state index contributed by atoms with van der Waals surface area (Å²) in [5, 5.41) is 0. The van der Waals surface area contributed by atoms with Crippen LogP contribution in [0.5, 0.6) is 17.2 Å². The molecule has 0 fully saturated rings. The summed E-state index contributed by atoms with van der Waals surface area (Å²) in [7, 11) is 3.01. The number of hydrogen-bond donors (Lipinski definition) is 0. The molecule has 1 aliphatic heterocycles. The van der Waals surface area contributed by atoms with E-state index in [0.717, 1.165) is 17.7 Å². The molecule has 0 radical (unpaired) electrons. The second kappa shape index (κ2) is 9.90. The van der Waals surface area contributed by atoms with Gasteiger partial charge in [-0.25, -0.2) is 0 Å². The number of carbonyl (C=O) groups is 1. The molecule has 1 heterocycles. The van der Waals surface area contributed by atoms with Gasteiger partial charge in [0.15, 0.2) is 17.6 Å². The van der Waals surface area contributed by atoms with E-state index in [1.807, 2.05) is 12.1 Å². The maximum atomic E-state index is 13.6. The number of halogens is 3.